The zero-order chi connectivity index (χ0) is 27.6. The minimum Gasteiger partial charge on any atom is -0.296 e. The lowest BCUT2D eigenvalue weighted by Gasteiger charge is -2.41. The summed E-state index contributed by atoms with van der Waals surface area (Å²) in [5.41, 5.74) is 5.88. The molecule has 0 saturated carbocycles. The van der Waals surface area contributed by atoms with Crippen molar-refractivity contribution in [2.75, 3.05) is 13.1 Å². The quantitative estimate of drug-likeness (QED) is 0.215. The van der Waals surface area contributed by atoms with Gasteiger partial charge in [-0.05, 0) is 72.5 Å². The first-order chi connectivity index (χ1) is 19.4. The summed E-state index contributed by atoms with van der Waals surface area (Å²) in [6.07, 6.45) is 5.97. The van der Waals surface area contributed by atoms with E-state index in [1.807, 2.05) is 18.5 Å². The Labute approximate surface area is 231 Å². The fraction of sp³-hybridized carbons (Fsp3) is 0.267. The lowest BCUT2D eigenvalue weighted by Crippen LogP contribution is -2.52. The van der Waals surface area contributed by atoms with E-state index in [9.17, 15) is 20.2 Å². The fourth-order valence-corrected chi connectivity index (χ4v) is 5.90. The lowest BCUT2D eigenvalue weighted by atomic mass is 10.1. The molecule has 10 heteroatoms. The van der Waals surface area contributed by atoms with E-state index in [1.165, 1.54) is 48.2 Å². The number of benzene rings is 2. The van der Waals surface area contributed by atoms with E-state index in [1.54, 1.807) is 24.3 Å². The van der Waals surface area contributed by atoms with Crippen LogP contribution in [0.25, 0.3) is 22.5 Å². The molecule has 0 radical (unpaired) electrons. The molecule has 202 valence electrons. The van der Waals surface area contributed by atoms with E-state index in [-0.39, 0.29) is 11.4 Å². The number of hydrogen-bond donors (Lipinski definition) is 0. The minimum absolute atomic E-state index is 0.0718. The Kier molecular flexibility index (Phi) is 7.02. The predicted molar refractivity (Wildman–Crippen MR) is 150 cm³/mol. The van der Waals surface area contributed by atoms with E-state index in [2.05, 4.69) is 38.0 Å². The Hall–Kier alpha value is -4.54. The number of fused-ring (bicyclic) bond motifs is 2. The topological polar surface area (TPSA) is 119 Å². The summed E-state index contributed by atoms with van der Waals surface area (Å²) >= 11 is 0. The third kappa shape index (κ3) is 5.45. The number of non-ortho nitro benzene ring substituents is 2. The van der Waals surface area contributed by atoms with Crippen molar-refractivity contribution in [1.29, 1.82) is 0 Å². The summed E-state index contributed by atoms with van der Waals surface area (Å²) in [4.78, 5) is 35.3. The van der Waals surface area contributed by atoms with Gasteiger partial charge in [0.15, 0.2) is 0 Å². The van der Waals surface area contributed by atoms with Crippen LogP contribution in [0.1, 0.15) is 24.0 Å². The van der Waals surface area contributed by atoms with Gasteiger partial charge < -0.3 is 0 Å². The highest BCUT2D eigenvalue weighted by Crippen LogP contribution is 2.33. The second-order valence-electron chi connectivity index (χ2n) is 10.5. The molecule has 0 unspecified atom stereocenters. The van der Waals surface area contributed by atoms with Crippen LogP contribution < -0.4 is 0 Å². The van der Waals surface area contributed by atoms with Crippen molar-refractivity contribution in [3.63, 3.8) is 0 Å². The minimum atomic E-state index is -0.395. The highest BCUT2D eigenvalue weighted by atomic mass is 16.6. The molecule has 4 aromatic rings. The summed E-state index contributed by atoms with van der Waals surface area (Å²) in [6.45, 7) is 3.67. The molecule has 2 aromatic heterocycles. The third-order valence-corrected chi connectivity index (χ3v) is 7.88. The van der Waals surface area contributed by atoms with E-state index in [0.29, 0.717) is 12.1 Å². The molecule has 2 aliphatic heterocycles. The molecule has 0 spiro atoms. The van der Waals surface area contributed by atoms with Gasteiger partial charge in [0.05, 0.1) is 21.2 Å². The smallest absolute Gasteiger partial charge is 0.269 e. The van der Waals surface area contributed by atoms with Gasteiger partial charge in [0.25, 0.3) is 11.4 Å². The molecule has 0 amide bonds. The van der Waals surface area contributed by atoms with Crippen LogP contribution in [0, 0.1) is 20.2 Å². The Bertz CT molecular complexity index is 1530. The van der Waals surface area contributed by atoms with Crippen molar-refractivity contribution in [3.8, 4) is 22.5 Å². The summed E-state index contributed by atoms with van der Waals surface area (Å²) in [6, 6.07) is 22.3. The van der Waals surface area contributed by atoms with Crippen LogP contribution >= 0.6 is 0 Å². The number of nitrogens with zero attached hydrogens (tertiary/aromatic N) is 6. The van der Waals surface area contributed by atoms with Gasteiger partial charge in [-0.1, -0.05) is 0 Å². The largest absolute Gasteiger partial charge is 0.296 e. The molecular formula is C30H28N6O4. The van der Waals surface area contributed by atoms with E-state index in [4.69, 9.17) is 0 Å². The molecular weight excluding hydrogens is 508 g/mol. The van der Waals surface area contributed by atoms with Gasteiger partial charge in [0, 0.05) is 86.0 Å². The van der Waals surface area contributed by atoms with Gasteiger partial charge >= 0.3 is 0 Å². The Morgan fingerprint density at radius 1 is 0.675 bits per heavy atom. The van der Waals surface area contributed by atoms with Crippen molar-refractivity contribution in [1.82, 2.24) is 19.8 Å². The number of likely N-dealkylation sites (tertiary alicyclic amines) is 1. The molecule has 40 heavy (non-hydrogen) atoms. The van der Waals surface area contributed by atoms with Crippen LogP contribution in [0.4, 0.5) is 11.4 Å². The number of rotatable bonds is 8. The molecule has 2 bridgehead atoms. The highest BCUT2D eigenvalue weighted by Gasteiger charge is 2.39. The second-order valence-corrected chi connectivity index (χ2v) is 10.5. The van der Waals surface area contributed by atoms with Gasteiger partial charge in [0.1, 0.15) is 0 Å². The number of piperazine rings is 1. The van der Waals surface area contributed by atoms with Crippen LogP contribution in [-0.2, 0) is 13.1 Å². The summed E-state index contributed by atoms with van der Waals surface area (Å²) in [7, 11) is 0. The van der Waals surface area contributed by atoms with E-state index in [0.717, 1.165) is 48.7 Å². The number of nitro groups is 2. The zero-order valence-electron chi connectivity index (χ0n) is 21.8. The van der Waals surface area contributed by atoms with Crippen LogP contribution in [0.3, 0.4) is 0 Å². The van der Waals surface area contributed by atoms with Gasteiger partial charge in [-0.3, -0.25) is 40.0 Å². The van der Waals surface area contributed by atoms with E-state index >= 15 is 0 Å². The van der Waals surface area contributed by atoms with Crippen molar-refractivity contribution in [3.05, 3.63) is 117 Å². The average Bonchev–Trinajstić information content (AvgIpc) is 3.19. The Balaban J connectivity index is 1.10. The van der Waals surface area contributed by atoms with Crippen LogP contribution in [0.5, 0.6) is 0 Å². The first-order valence-electron chi connectivity index (χ1n) is 13.3. The molecule has 2 fully saturated rings. The number of aromatic nitrogens is 2. The molecule has 2 aromatic carbocycles. The zero-order valence-corrected chi connectivity index (χ0v) is 21.8. The number of nitro benzene ring substituents is 2. The van der Waals surface area contributed by atoms with Crippen molar-refractivity contribution < 1.29 is 9.85 Å². The second kappa shape index (κ2) is 10.9. The fourth-order valence-electron chi connectivity index (χ4n) is 5.90. The number of hydrogen-bond acceptors (Lipinski definition) is 8. The van der Waals surface area contributed by atoms with E-state index < -0.39 is 9.85 Å². The molecule has 4 heterocycles. The predicted octanol–water partition coefficient (Wildman–Crippen LogP) is 5.48. The van der Waals surface area contributed by atoms with Crippen molar-refractivity contribution in [2.45, 2.75) is 38.0 Å². The number of pyridine rings is 2. The maximum atomic E-state index is 11.0. The summed E-state index contributed by atoms with van der Waals surface area (Å²) < 4.78 is 0. The maximum Gasteiger partial charge on any atom is 0.269 e. The molecule has 6 rings (SSSR count). The third-order valence-electron chi connectivity index (χ3n) is 7.88. The van der Waals surface area contributed by atoms with Gasteiger partial charge in [0.2, 0.25) is 0 Å². The maximum absolute atomic E-state index is 11.0. The first-order valence-corrected chi connectivity index (χ1v) is 13.3. The Morgan fingerprint density at radius 2 is 1.12 bits per heavy atom. The molecule has 10 nitrogen and oxygen atoms in total. The van der Waals surface area contributed by atoms with Gasteiger partial charge in [-0.2, -0.15) is 0 Å². The highest BCUT2D eigenvalue weighted by molar-refractivity contribution is 5.62. The standard InChI is InChI=1S/C30H28N6O4/c37-35(38)25-5-1-23(2-6-25)29-15-21(11-13-31-29)17-33-19-27-9-10-28(20-33)34(27)18-22-12-14-32-30(16-22)24-3-7-26(8-4-24)36(39)40/h1-8,11-16,27-28H,9-10,17-20H2/t27-,28+. The molecule has 0 N–H and O–H groups in total. The van der Waals surface area contributed by atoms with Crippen molar-refractivity contribution >= 4 is 11.4 Å². The molecule has 2 atom stereocenters. The molecule has 0 aliphatic carbocycles. The van der Waals surface area contributed by atoms with Gasteiger partial charge in [-0.15, -0.1) is 0 Å². The average molecular weight is 537 g/mol. The molecule has 2 saturated heterocycles. The van der Waals surface area contributed by atoms with Crippen LogP contribution in [-0.4, -0.2) is 54.8 Å². The monoisotopic (exact) mass is 536 g/mol. The Morgan fingerprint density at radius 3 is 1.57 bits per heavy atom. The first kappa shape index (κ1) is 25.7. The van der Waals surface area contributed by atoms with Crippen LogP contribution in [0.15, 0.2) is 85.2 Å². The van der Waals surface area contributed by atoms with Crippen LogP contribution in [0.2, 0.25) is 0 Å². The SMILES string of the molecule is O=[N+]([O-])c1ccc(-c2cc(CN3C[C@H]4CC[C@@H](C3)N4Cc3ccnc(-c4ccc([N+](=O)[O-])cc4)c3)ccn2)cc1. The normalized spacial score (nSPS) is 19.0. The van der Waals surface area contributed by atoms with Crippen molar-refractivity contribution in [2.24, 2.45) is 0 Å². The van der Waals surface area contributed by atoms with Gasteiger partial charge in [-0.25, -0.2) is 0 Å². The summed E-state index contributed by atoms with van der Waals surface area (Å²) in [5.74, 6) is 0. The summed E-state index contributed by atoms with van der Waals surface area (Å²) in [5, 5.41) is 21.9. The molecule has 2 aliphatic rings. The lowest BCUT2D eigenvalue weighted by molar-refractivity contribution is -0.385.